The van der Waals surface area contributed by atoms with Crippen LogP contribution in [-0.2, 0) is 14.3 Å². The van der Waals surface area contributed by atoms with E-state index in [0.717, 1.165) is 0 Å². The summed E-state index contributed by atoms with van der Waals surface area (Å²) >= 11 is 0. The summed E-state index contributed by atoms with van der Waals surface area (Å²) in [5.41, 5.74) is 4.92. The Balaban J connectivity index is 3.83. The fraction of sp³-hybridized carbons (Fsp3) is 0.714. The molecule has 3 N–H and O–H groups in total. The molecule has 0 saturated carbocycles. The van der Waals surface area contributed by atoms with Crippen LogP contribution >= 0.6 is 0 Å². The van der Waals surface area contributed by atoms with E-state index < -0.39 is 11.9 Å². The third-order valence-corrected chi connectivity index (χ3v) is 1.51. The Labute approximate surface area is 71.3 Å². The first-order valence-electron chi connectivity index (χ1n) is 3.65. The second-order valence-corrected chi connectivity index (χ2v) is 2.37. The fourth-order valence-electron chi connectivity index (χ4n) is 0.809. The van der Waals surface area contributed by atoms with Gasteiger partial charge < -0.3 is 15.8 Å². The highest BCUT2D eigenvalue weighted by atomic mass is 16.5. The summed E-state index contributed by atoms with van der Waals surface area (Å²) in [4.78, 5) is 21.3. The molecule has 0 rings (SSSR count). The molecule has 0 saturated heterocycles. The predicted molar refractivity (Wildman–Crippen MR) is 43.3 cm³/mol. The molecule has 0 aromatic heterocycles. The van der Waals surface area contributed by atoms with Crippen LogP contribution in [0.1, 0.15) is 12.8 Å². The SMILES string of the molecule is CNC(CCC(N)=O)C(=O)OC. The van der Waals surface area contributed by atoms with E-state index in [2.05, 4.69) is 10.1 Å². The summed E-state index contributed by atoms with van der Waals surface area (Å²) in [5, 5.41) is 2.73. The number of nitrogens with two attached hydrogens (primary N) is 1. The minimum atomic E-state index is -0.442. The number of hydrogen-bond donors (Lipinski definition) is 2. The van der Waals surface area contributed by atoms with Crippen LogP contribution in [-0.4, -0.2) is 32.1 Å². The topological polar surface area (TPSA) is 81.4 Å². The van der Waals surface area contributed by atoms with Gasteiger partial charge >= 0.3 is 5.97 Å². The third-order valence-electron chi connectivity index (χ3n) is 1.51. The summed E-state index contributed by atoms with van der Waals surface area (Å²) in [6.07, 6.45) is 0.555. The quantitative estimate of drug-likeness (QED) is 0.524. The zero-order valence-electron chi connectivity index (χ0n) is 7.29. The Kier molecular flexibility index (Phi) is 5.03. The highest BCUT2D eigenvalue weighted by Gasteiger charge is 2.16. The Morgan fingerprint density at radius 3 is 2.50 bits per heavy atom. The largest absolute Gasteiger partial charge is 0.468 e. The van der Waals surface area contributed by atoms with E-state index >= 15 is 0 Å². The van der Waals surface area contributed by atoms with Crippen molar-refractivity contribution < 1.29 is 14.3 Å². The minimum absolute atomic E-state index is 0.181. The molecule has 5 heteroatoms. The van der Waals surface area contributed by atoms with Gasteiger partial charge in [-0.1, -0.05) is 0 Å². The highest BCUT2D eigenvalue weighted by Crippen LogP contribution is 1.97. The van der Waals surface area contributed by atoms with Gasteiger partial charge in [0.25, 0.3) is 0 Å². The molecule has 0 aliphatic carbocycles. The maximum atomic E-state index is 10.9. The second-order valence-electron chi connectivity index (χ2n) is 2.37. The van der Waals surface area contributed by atoms with Crippen LogP contribution < -0.4 is 11.1 Å². The molecule has 1 atom stereocenters. The summed E-state index contributed by atoms with van der Waals surface area (Å²) in [7, 11) is 2.93. The van der Waals surface area contributed by atoms with Crippen molar-refractivity contribution in [2.45, 2.75) is 18.9 Å². The molecule has 70 valence electrons. The smallest absolute Gasteiger partial charge is 0.322 e. The maximum Gasteiger partial charge on any atom is 0.322 e. The normalized spacial score (nSPS) is 12.2. The number of ether oxygens (including phenoxy) is 1. The molecule has 5 nitrogen and oxygen atoms in total. The average Bonchev–Trinajstić information content (AvgIpc) is 2.04. The molecule has 0 heterocycles. The first-order chi connectivity index (χ1) is 5.61. The average molecular weight is 174 g/mol. The van der Waals surface area contributed by atoms with Crippen molar-refractivity contribution in [3.05, 3.63) is 0 Å². The van der Waals surface area contributed by atoms with Crippen LogP contribution in [0.25, 0.3) is 0 Å². The minimum Gasteiger partial charge on any atom is -0.468 e. The van der Waals surface area contributed by atoms with Gasteiger partial charge in [0.2, 0.25) is 5.91 Å². The Morgan fingerprint density at radius 2 is 2.17 bits per heavy atom. The lowest BCUT2D eigenvalue weighted by Crippen LogP contribution is -2.35. The van der Waals surface area contributed by atoms with E-state index in [9.17, 15) is 9.59 Å². The van der Waals surface area contributed by atoms with E-state index in [4.69, 9.17) is 5.73 Å². The molecule has 0 aliphatic rings. The summed E-state index contributed by atoms with van der Waals surface area (Å²) in [6, 6.07) is -0.442. The van der Waals surface area contributed by atoms with Gasteiger partial charge in [-0.15, -0.1) is 0 Å². The van der Waals surface area contributed by atoms with Crippen molar-refractivity contribution in [1.82, 2.24) is 5.32 Å². The van der Waals surface area contributed by atoms with Gasteiger partial charge in [0.15, 0.2) is 0 Å². The van der Waals surface area contributed by atoms with Crippen LogP contribution in [0.4, 0.5) is 0 Å². The zero-order chi connectivity index (χ0) is 9.56. The van der Waals surface area contributed by atoms with Crippen LogP contribution in [0.15, 0.2) is 0 Å². The number of carbonyl (C=O) groups is 2. The van der Waals surface area contributed by atoms with Crippen molar-refractivity contribution in [3.8, 4) is 0 Å². The van der Waals surface area contributed by atoms with Gasteiger partial charge in [-0.25, -0.2) is 0 Å². The molecule has 12 heavy (non-hydrogen) atoms. The summed E-state index contributed by atoms with van der Waals surface area (Å²) in [6.45, 7) is 0. The molecular weight excluding hydrogens is 160 g/mol. The highest BCUT2D eigenvalue weighted by molar-refractivity contribution is 5.78. The standard InChI is InChI=1S/C7H14N2O3/c1-9-5(7(11)12-2)3-4-6(8)10/h5,9H,3-4H2,1-2H3,(H2,8,10). The predicted octanol–water partition coefficient (Wildman–Crippen LogP) is -0.987. The summed E-state index contributed by atoms with van der Waals surface area (Å²) < 4.78 is 4.48. The first kappa shape index (κ1) is 10.9. The van der Waals surface area contributed by atoms with Gasteiger partial charge in [-0.3, -0.25) is 9.59 Å². The molecule has 0 aromatic carbocycles. The number of methoxy groups -OCH3 is 1. The van der Waals surface area contributed by atoms with Crippen molar-refractivity contribution in [2.75, 3.05) is 14.2 Å². The van der Waals surface area contributed by atoms with E-state index in [1.54, 1.807) is 7.05 Å². The fourth-order valence-corrected chi connectivity index (χ4v) is 0.809. The number of carbonyl (C=O) groups excluding carboxylic acids is 2. The maximum absolute atomic E-state index is 10.9. The van der Waals surface area contributed by atoms with Gasteiger partial charge in [0, 0.05) is 6.42 Å². The van der Waals surface area contributed by atoms with Crippen LogP contribution in [0.3, 0.4) is 0 Å². The molecular formula is C7H14N2O3. The number of amides is 1. The van der Waals surface area contributed by atoms with Gasteiger partial charge in [-0.05, 0) is 13.5 Å². The van der Waals surface area contributed by atoms with E-state index in [1.165, 1.54) is 7.11 Å². The molecule has 1 amide bonds. The van der Waals surface area contributed by atoms with Crippen molar-refractivity contribution >= 4 is 11.9 Å². The number of hydrogen-bond acceptors (Lipinski definition) is 4. The van der Waals surface area contributed by atoms with Crippen LogP contribution in [0.5, 0.6) is 0 Å². The molecule has 0 aliphatic heterocycles. The first-order valence-corrected chi connectivity index (χ1v) is 3.65. The van der Waals surface area contributed by atoms with E-state index in [1.807, 2.05) is 0 Å². The lowest BCUT2D eigenvalue weighted by Gasteiger charge is -2.11. The van der Waals surface area contributed by atoms with Gasteiger partial charge in [-0.2, -0.15) is 0 Å². The van der Waals surface area contributed by atoms with Crippen molar-refractivity contribution in [1.29, 1.82) is 0 Å². The van der Waals surface area contributed by atoms with Gasteiger partial charge in [0.1, 0.15) is 6.04 Å². The lowest BCUT2D eigenvalue weighted by atomic mass is 10.1. The monoisotopic (exact) mass is 174 g/mol. The Bertz CT molecular complexity index is 170. The number of rotatable bonds is 5. The molecule has 0 fully saturated rings. The molecule has 0 aromatic rings. The van der Waals surface area contributed by atoms with Crippen molar-refractivity contribution in [3.63, 3.8) is 0 Å². The molecule has 0 spiro atoms. The van der Waals surface area contributed by atoms with Crippen LogP contribution in [0.2, 0.25) is 0 Å². The number of likely N-dealkylation sites (N-methyl/N-ethyl adjacent to an activating group) is 1. The zero-order valence-corrected chi connectivity index (χ0v) is 7.29. The Morgan fingerprint density at radius 1 is 1.58 bits per heavy atom. The molecule has 1 unspecified atom stereocenters. The third kappa shape index (κ3) is 3.92. The number of esters is 1. The van der Waals surface area contributed by atoms with Gasteiger partial charge in [0.05, 0.1) is 7.11 Å². The van der Waals surface area contributed by atoms with Crippen molar-refractivity contribution in [2.24, 2.45) is 5.73 Å². The summed E-state index contributed by atoms with van der Waals surface area (Å²) in [5.74, 6) is -0.794. The number of primary amides is 1. The lowest BCUT2D eigenvalue weighted by molar-refractivity contribution is -0.143. The van der Waals surface area contributed by atoms with E-state index in [0.29, 0.717) is 6.42 Å². The molecule has 0 radical (unpaired) electrons. The second kappa shape index (κ2) is 5.54. The molecule has 0 bridgehead atoms. The Hall–Kier alpha value is -1.10. The van der Waals surface area contributed by atoms with Crippen LogP contribution in [0, 0.1) is 0 Å². The van der Waals surface area contributed by atoms with E-state index in [-0.39, 0.29) is 12.4 Å². The number of nitrogens with one attached hydrogen (secondary N) is 1.